The van der Waals surface area contributed by atoms with Gasteiger partial charge in [-0.2, -0.15) is 0 Å². The third kappa shape index (κ3) is 1.61. The van der Waals surface area contributed by atoms with Crippen LogP contribution in [0.5, 0.6) is 0 Å². The first kappa shape index (κ1) is 8.75. The fourth-order valence-electron chi connectivity index (χ4n) is 2.30. The van der Waals surface area contributed by atoms with Gasteiger partial charge in [-0.3, -0.25) is 9.63 Å². The summed E-state index contributed by atoms with van der Waals surface area (Å²) in [5, 5.41) is 0. The standard InChI is InChI=1S/C10H15NO2/c1-2-13-11-10(12)9-6-7-3-4-8(9)5-7/h3-4,7-9H,2,5-6H2,1H3,(H,11,12). The SMILES string of the molecule is CCONC(=O)C1CC2C=CC1C2. The Morgan fingerprint density at radius 2 is 2.38 bits per heavy atom. The molecule has 0 saturated heterocycles. The Hall–Kier alpha value is -0.830. The van der Waals surface area contributed by atoms with E-state index in [1.54, 1.807) is 0 Å². The maximum absolute atomic E-state index is 11.5. The highest BCUT2D eigenvalue weighted by Gasteiger charge is 2.39. The summed E-state index contributed by atoms with van der Waals surface area (Å²) >= 11 is 0. The van der Waals surface area contributed by atoms with E-state index >= 15 is 0 Å². The molecule has 2 aliphatic rings. The molecule has 0 aromatic rings. The lowest BCUT2D eigenvalue weighted by molar-refractivity contribution is -0.138. The van der Waals surface area contributed by atoms with Gasteiger partial charge in [-0.1, -0.05) is 12.2 Å². The van der Waals surface area contributed by atoms with E-state index < -0.39 is 0 Å². The van der Waals surface area contributed by atoms with E-state index in [9.17, 15) is 4.79 Å². The average molecular weight is 181 g/mol. The highest BCUT2D eigenvalue weighted by molar-refractivity contribution is 5.78. The highest BCUT2D eigenvalue weighted by Crippen LogP contribution is 2.43. The van der Waals surface area contributed by atoms with Crippen LogP contribution in [0, 0.1) is 17.8 Å². The van der Waals surface area contributed by atoms with Crippen LogP contribution in [0.4, 0.5) is 0 Å². The molecule has 1 N–H and O–H groups in total. The maximum atomic E-state index is 11.5. The molecule has 0 spiro atoms. The molecule has 3 nitrogen and oxygen atoms in total. The molecule has 3 unspecified atom stereocenters. The summed E-state index contributed by atoms with van der Waals surface area (Å²) in [6.45, 7) is 2.39. The van der Waals surface area contributed by atoms with Crippen LogP contribution < -0.4 is 5.48 Å². The first-order chi connectivity index (χ1) is 6.31. The Kier molecular flexibility index (Phi) is 2.36. The van der Waals surface area contributed by atoms with Crippen molar-refractivity contribution < 1.29 is 9.63 Å². The Bertz CT molecular complexity index is 237. The third-order valence-corrected chi connectivity index (χ3v) is 2.93. The number of allylic oxidation sites excluding steroid dienone is 2. The van der Waals surface area contributed by atoms with Crippen LogP contribution in [0.2, 0.25) is 0 Å². The molecule has 2 aliphatic carbocycles. The van der Waals surface area contributed by atoms with Crippen molar-refractivity contribution in [2.24, 2.45) is 17.8 Å². The number of carbonyl (C=O) groups is 1. The largest absolute Gasteiger partial charge is 0.274 e. The number of hydrogen-bond donors (Lipinski definition) is 1. The van der Waals surface area contributed by atoms with Crippen LogP contribution in [0.3, 0.4) is 0 Å². The van der Waals surface area contributed by atoms with Crippen molar-refractivity contribution in [2.75, 3.05) is 6.61 Å². The second-order valence-electron chi connectivity index (χ2n) is 3.79. The molecular weight excluding hydrogens is 166 g/mol. The lowest BCUT2D eigenvalue weighted by Crippen LogP contribution is -2.32. The Balaban J connectivity index is 1.88. The molecule has 0 aliphatic heterocycles. The third-order valence-electron chi connectivity index (χ3n) is 2.93. The first-order valence-corrected chi connectivity index (χ1v) is 4.91. The van der Waals surface area contributed by atoms with Crippen molar-refractivity contribution in [2.45, 2.75) is 19.8 Å². The predicted octanol–water partition coefficient (Wildman–Crippen LogP) is 1.27. The van der Waals surface area contributed by atoms with E-state index in [2.05, 4.69) is 17.6 Å². The number of nitrogens with one attached hydrogen (secondary N) is 1. The number of hydrogen-bond acceptors (Lipinski definition) is 2. The number of carbonyl (C=O) groups excluding carboxylic acids is 1. The van der Waals surface area contributed by atoms with Crippen LogP contribution in [-0.2, 0) is 9.63 Å². The zero-order chi connectivity index (χ0) is 9.26. The molecule has 0 heterocycles. The van der Waals surface area contributed by atoms with Gasteiger partial charge in [0.1, 0.15) is 0 Å². The average Bonchev–Trinajstić information content (AvgIpc) is 2.74. The van der Waals surface area contributed by atoms with E-state index in [0.717, 1.165) is 12.8 Å². The van der Waals surface area contributed by atoms with Gasteiger partial charge in [0.2, 0.25) is 5.91 Å². The van der Waals surface area contributed by atoms with Crippen LogP contribution >= 0.6 is 0 Å². The molecule has 3 heteroatoms. The lowest BCUT2D eigenvalue weighted by atomic mass is 9.93. The monoisotopic (exact) mass is 181 g/mol. The maximum Gasteiger partial charge on any atom is 0.247 e. The zero-order valence-electron chi connectivity index (χ0n) is 7.82. The van der Waals surface area contributed by atoms with Crippen LogP contribution in [0.15, 0.2) is 12.2 Å². The minimum atomic E-state index is 0.0544. The zero-order valence-corrected chi connectivity index (χ0v) is 7.82. The Morgan fingerprint density at radius 1 is 1.54 bits per heavy atom. The van der Waals surface area contributed by atoms with Crippen LogP contribution in [0.25, 0.3) is 0 Å². The number of rotatable bonds is 3. The molecule has 0 aromatic carbocycles. The summed E-state index contributed by atoms with van der Waals surface area (Å²) in [4.78, 5) is 16.4. The predicted molar refractivity (Wildman–Crippen MR) is 48.6 cm³/mol. The van der Waals surface area contributed by atoms with Crippen molar-refractivity contribution in [1.82, 2.24) is 5.48 Å². The normalized spacial score (nSPS) is 35.3. The van der Waals surface area contributed by atoms with Gasteiger partial charge in [-0.15, -0.1) is 0 Å². The number of amides is 1. The van der Waals surface area contributed by atoms with E-state index in [1.165, 1.54) is 0 Å². The van der Waals surface area contributed by atoms with Gasteiger partial charge in [0, 0.05) is 5.92 Å². The molecule has 3 atom stereocenters. The summed E-state index contributed by atoms with van der Waals surface area (Å²) in [5.41, 5.74) is 2.49. The van der Waals surface area contributed by atoms with Crippen molar-refractivity contribution in [1.29, 1.82) is 0 Å². The molecular formula is C10H15NO2. The second-order valence-corrected chi connectivity index (χ2v) is 3.79. The molecule has 2 rings (SSSR count). The topological polar surface area (TPSA) is 38.3 Å². The molecule has 13 heavy (non-hydrogen) atoms. The van der Waals surface area contributed by atoms with E-state index in [-0.39, 0.29) is 11.8 Å². The van der Waals surface area contributed by atoms with E-state index in [0.29, 0.717) is 18.4 Å². The second kappa shape index (κ2) is 3.50. The van der Waals surface area contributed by atoms with Crippen molar-refractivity contribution in [3.05, 3.63) is 12.2 Å². The Labute approximate surface area is 78.1 Å². The van der Waals surface area contributed by atoms with Gasteiger partial charge in [-0.25, -0.2) is 5.48 Å². The van der Waals surface area contributed by atoms with Gasteiger partial charge >= 0.3 is 0 Å². The number of hydroxylamine groups is 1. The van der Waals surface area contributed by atoms with Gasteiger partial charge in [0.15, 0.2) is 0 Å². The highest BCUT2D eigenvalue weighted by atomic mass is 16.6. The van der Waals surface area contributed by atoms with Crippen LogP contribution in [0.1, 0.15) is 19.8 Å². The lowest BCUT2D eigenvalue weighted by Gasteiger charge is -2.16. The quantitative estimate of drug-likeness (QED) is 0.526. The summed E-state index contributed by atoms with van der Waals surface area (Å²) in [7, 11) is 0. The van der Waals surface area contributed by atoms with Gasteiger partial charge in [0.25, 0.3) is 0 Å². The van der Waals surface area contributed by atoms with Crippen molar-refractivity contribution in [3.8, 4) is 0 Å². The molecule has 0 radical (unpaired) electrons. The van der Waals surface area contributed by atoms with E-state index in [1.807, 2.05) is 6.92 Å². The summed E-state index contributed by atoms with van der Waals surface area (Å²) in [6.07, 6.45) is 6.56. The minimum Gasteiger partial charge on any atom is -0.274 e. The van der Waals surface area contributed by atoms with Crippen LogP contribution in [-0.4, -0.2) is 12.5 Å². The first-order valence-electron chi connectivity index (χ1n) is 4.91. The Morgan fingerprint density at radius 3 is 2.92 bits per heavy atom. The molecule has 1 saturated carbocycles. The molecule has 2 bridgehead atoms. The van der Waals surface area contributed by atoms with Crippen molar-refractivity contribution in [3.63, 3.8) is 0 Å². The molecule has 72 valence electrons. The summed E-state index contributed by atoms with van der Waals surface area (Å²) < 4.78 is 0. The fraction of sp³-hybridized carbons (Fsp3) is 0.700. The van der Waals surface area contributed by atoms with Gasteiger partial charge in [0.05, 0.1) is 6.61 Å². The number of fused-ring (bicyclic) bond motifs is 2. The van der Waals surface area contributed by atoms with Crippen molar-refractivity contribution >= 4 is 5.91 Å². The molecule has 1 amide bonds. The summed E-state index contributed by atoms with van der Waals surface area (Å²) in [6, 6.07) is 0. The van der Waals surface area contributed by atoms with Gasteiger partial charge in [-0.05, 0) is 31.6 Å². The summed E-state index contributed by atoms with van der Waals surface area (Å²) in [5.74, 6) is 1.31. The smallest absolute Gasteiger partial charge is 0.247 e. The molecule has 0 aromatic heterocycles. The minimum absolute atomic E-state index is 0.0544. The van der Waals surface area contributed by atoms with Gasteiger partial charge < -0.3 is 0 Å². The van der Waals surface area contributed by atoms with E-state index in [4.69, 9.17) is 4.84 Å². The fourth-order valence-corrected chi connectivity index (χ4v) is 2.30. The molecule has 1 fully saturated rings.